The molecule has 4 N–H and O–H groups in total. The average molecular weight is 289 g/mol. The van der Waals surface area contributed by atoms with E-state index in [1.165, 1.54) is 13.0 Å². The van der Waals surface area contributed by atoms with Gasteiger partial charge in [-0.25, -0.2) is 12.8 Å². The van der Waals surface area contributed by atoms with E-state index >= 15 is 0 Å². The second-order valence-electron chi connectivity index (χ2n) is 3.92. The number of hydrogen-bond donors (Lipinski definition) is 3. The molecule has 0 saturated carbocycles. The van der Waals surface area contributed by atoms with Crippen LogP contribution < -0.4 is 15.8 Å². The molecule has 0 spiro atoms. The van der Waals surface area contributed by atoms with Crippen molar-refractivity contribution >= 4 is 21.6 Å². The predicted molar refractivity (Wildman–Crippen MR) is 69.3 cm³/mol. The zero-order valence-corrected chi connectivity index (χ0v) is 11.4. The lowest BCUT2D eigenvalue weighted by Crippen LogP contribution is -2.44. The first-order valence-corrected chi connectivity index (χ1v) is 7.11. The van der Waals surface area contributed by atoms with Gasteiger partial charge in [0.1, 0.15) is 5.82 Å². The predicted octanol–water partition coefficient (Wildman–Crippen LogP) is 0.211. The normalized spacial score (nSPS) is 13.0. The fourth-order valence-corrected chi connectivity index (χ4v) is 2.57. The summed E-state index contributed by atoms with van der Waals surface area (Å²) in [6.45, 7) is 3.51. The highest BCUT2D eigenvalue weighted by atomic mass is 32.2. The van der Waals surface area contributed by atoms with Crippen molar-refractivity contribution in [2.24, 2.45) is 0 Å². The number of nitrogens with two attached hydrogens (primary N) is 1. The standard InChI is InChI=1S/C11H16FN3O3S/c1-3-14-11(16)7(2)15-19(17,18)8-4-5-10(13)9(12)6-8/h4-7,15H,3,13H2,1-2H3,(H,14,16). The van der Waals surface area contributed by atoms with Crippen LogP contribution in [0.1, 0.15) is 13.8 Å². The van der Waals surface area contributed by atoms with Gasteiger partial charge in [-0.05, 0) is 32.0 Å². The minimum absolute atomic E-state index is 0.143. The number of sulfonamides is 1. The van der Waals surface area contributed by atoms with Gasteiger partial charge in [0.15, 0.2) is 0 Å². The van der Waals surface area contributed by atoms with Crippen LogP contribution in [0.15, 0.2) is 23.1 Å². The first-order chi connectivity index (χ1) is 8.77. The van der Waals surface area contributed by atoms with E-state index in [2.05, 4.69) is 10.0 Å². The van der Waals surface area contributed by atoms with Crippen LogP contribution in [-0.2, 0) is 14.8 Å². The molecule has 0 aliphatic rings. The van der Waals surface area contributed by atoms with Crippen molar-refractivity contribution in [3.63, 3.8) is 0 Å². The second kappa shape index (κ2) is 5.98. The summed E-state index contributed by atoms with van der Waals surface area (Å²) in [4.78, 5) is 11.2. The molecule has 0 saturated heterocycles. The number of likely N-dealkylation sites (N-methyl/N-ethyl adjacent to an activating group) is 1. The van der Waals surface area contributed by atoms with E-state index in [1.54, 1.807) is 6.92 Å². The van der Waals surface area contributed by atoms with Crippen molar-refractivity contribution in [2.45, 2.75) is 24.8 Å². The fraction of sp³-hybridized carbons (Fsp3) is 0.364. The van der Waals surface area contributed by atoms with Gasteiger partial charge in [0, 0.05) is 6.54 Å². The molecule has 1 unspecified atom stereocenters. The zero-order valence-electron chi connectivity index (χ0n) is 10.6. The summed E-state index contributed by atoms with van der Waals surface area (Å²) in [5.74, 6) is -1.28. The third-order valence-electron chi connectivity index (χ3n) is 2.36. The summed E-state index contributed by atoms with van der Waals surface area (Å²) in [7, 11) is -3.97. The van der Waals surface area contributed by atoms with Crippen LogP contribution in [0.4, 0.5) is 10.1 Å². The molecule has 0 aliphatic heterocycles. The van der Waals surface area contributed by atoms with E-state index in [4.69, 9.17) is 5.73 Å². The zero-order chi connectivity index (χ0) is 14.6. The third-order valence-corrected chi connectivity index (χ3v) is 3.90. The van der Waals surface area contributed by atoms with E-state index in [0.717, 1.165) is 12.1 Å². The fourth-order valence-electron chi connectivity index (χ4n) is 1.36. The highest BCUT2D eigenvalue weighted by Crippen LogP contribution is 2.16. The van der Waals surface area contributed by atoms with Crippen LogP contribution in [0.2, 0.25) is 0 Å². The minimum atomic E-state index is -3.97. The number of rotatable bonds is 5. The summed E-state index contributed by atoms with van der Waals surface area (Å²) in [6.07, 6.45) is 0. The second-order valence-corrected chi connectivity index (χ2v) is 5.63. The number of anilines is 1. The molecule has 1 amide bonds. The molecule has 0 radical (unpaired) electrons. The topological polar surface area (TPSA) is 101 Å². The average Bonchev–Trinajstić information content (AvgIpc) is 2.32. The number of benzene rings is 1. The highest BCUT2D eigenvalue weighted by Gasteiger charge is 2.22. The molecule has 0 aliphatic carbocycles. The molecule has 1 aromatic rings. The summed E-state index contributed by atoms with van der Waals surface area (Å²) >= 11 is 0. The number of nitrogens with one attached hydrogen (secondary N) is 2. The van der Waals surface area contributed by atoms with E-state index in [-0.39, 0.29) is 10.6 Å². The maximum atomic E-state index is 13.2. The smallest absolute Gasteiger partial charge is 0.241 e. The van der Waals surface area contributed by atoms with Gasteiger partial charge in [-0.2, -0.15) is 4.72 Å². The minimum Gasteiger partial charge on any atom is -0.396 e. The Balaban J connectivity index is 2.92. The van der Waals surface area contributed by atoms with Gasteiger partial charge in [0.05, 0.1) is 16.6 Å². The van der Waals surface area contributed by atoms with Gasteiger partial charge in [-0.3, -0.25) is 4.79 Å². The number of halogens is 1. The number of nitrogen functional groups attached to an aromatic ring is 1. The largest absolute Gasteiger partial charge is 0.396 e. The monoisotopic (exact) mass is 289 g/mol. The lowest BCUT2D eigenvalue weighted by Gasteiger charge is -2.14. The molecule has 0 bridgehead atoms. The molecule has 19 heavy (non-hydrogen) atoms. The number of amides is 1. The van der Waals surface area contributed by atoms with Gasteiger partial charge in [-0.15, -0.1) is 0 Å². The van der Waals surface area contributed by atoms with Crippen molar-refractivity contribution in [1.82, 2.24) is 10.0 Å². The Bertz CT molecular complexity index is 575. The van der Waals surface area contributed by atoms with Crippen LogP contribution in [0.5, 0.6) is 0 Å². The van der Waals surface area contributed by atoms with Crippen LogP contribution in [-0.4, -0.2) is 26.9 Å². The van der Waals surface area contributed by atoms with Gasteiger partial charge >= 0.3 is 0 Å². The molecule has 1 rings (SSSR count). The van der Waals surface area contributed by atoms with Gasteiger partial charge in [0.2, 0.25) is 15.9 Å². The number of carbonyl (C=O) groups excluding carboxylic acids is 1. The Kier molecular flexibility index (Phi) is 4.84. The van der Waals surface area contributed by atoms with Crippen LogP contribution in [0.25, 0.3) is 0 Å². The van der Waals surface area contributed by atoms with Crippen molar-refractivity contribution in [1.29, 1.82) is 0 Å². The Morgan fingerprint density at radius 3 is 2.63 bits per heavy atom. The maximum absolute atomic E-state index is 13.2. The molecule has 0 aromatic heterocycles. The molecule has 1 atom stereocenters. The highest BCUT2D eigenvalue weighted by molar-refractivity contribution is 7.89. The van der Waals surface area contributed by atoms with E-state index in [0.29, 0.717) is 6.54 Å². The van der Waals surface area contributed by atoms with E-state index < -0.39 is 27.8 Å². The van der Waals surface area contributed by atoms with E-state index in [9.17, 15) is 17.6 Å². The van der Waals surface area contributed by atoms with Gasteiger partial charge in [0.25, 0.3) is 0 Å². The summed E-state index contributed by atoms with van der Waals surface area (Å²) in [6, 6.07) is 2.18. The first-order valence-electron chi connectivity index (χ1n) is 5.63. The maximum Gasteiger partial charge on any atom is 0.241 e. The SMILES string of the molecule is CCNC(=O)C(C)NS(=O)(=O)c1ccc(N)c(F)c1. The van der Waals surface area contributed by atoms with Crippen LogP contribution >= 0.6 is 0 Å². The lowest BCUT2D eigenvalue weighted by molar-refractivity contribution is -0.122. The molecule has 0 heterocycles. The van der Waals surface area contributed by atoms with Crippen LogP contribution in [0.3, 0.4) is 0 Å². The van der Waals surface area contributed by atoms with Gasteiger partial charge in [-0.1, -0.05) is 0 Å². The molecule has 0 fully saturated rings. The molecule has 6 nitrogen and oxygen atoms in total. The molecule has 1 aromatic carbocycles. The Morgan fingerprint density at radius 1 is 1.47 bits per heavy atom. The molecule has 8 heteroatoms. The Hall–Kier alpha value is -1.67. The summed E-state index contributed by atoms with van der Waals surface area (Å²) < 4.78 is 39.2. The third kappa shape index (κ3) is 3.90. The molecular weight excluding hydrogens is 273 g/mol. The number of hydrogen-bond acceptors (Lipinski definition) is 4. The van der Waals surface area contributed by atoms with Crippen LogP contribution in [0, 0.1) is 5.82 Å². The van der Waals surface area contributed by atoms with Crippen molar-refractivity contribution in [3.05, 3.63) is 24.0 Å². The van der Waals surface area contributed by atoms with E-state index in [1.807, 2.05) is 0 Å². The molecular formula is C11H16FN3O3S. The summed E-state index contributed by atoms with van der Waals surface area (Å²) in [5.41, 5.74) is 5.12. The molecule has 106 valence electrons. The number of carbonyl (C=O) groups is 1. The Morgan fingerprint density at radius 2 is 2.11 bits per heavy atom. The van der Waals surface area contributed by atoms with Crippen molar-refractivity contribution in [2.75, 3.05) is 12.3 Å². The summed E-state index contributed by atoms with van der Waals surface area (Å²) in [5, 5.41) is 2.48. The van der Waals surface area contributed by atoms with Crippen molar-refractivity contribution in [3.8, 4) is 0 Å². The quantitative estimate of drug-likeness (QED) is 0.674. The lowest BCUT2D eigenvalue weighted by atomic mass is 10.3. The Labute approximate surface area is 111 Å². The van der Waals surface area contributed by atoms with Crippen molar-refractivity contribution < 1.29 is 17.6 Å². The first kappa shape index (κ1) is 15.4. The van der Waals surface area contributed by atoms with Gasteiger partial charge < -0.3 is 11.1 Å².